The number of imidazole rings is 1. The summed E-state index contributed by atoms with van der Waals surface area (Å²) in [5, 5.41) is 2.76. The maximum Gasteiger partial charge on any atom is 0.261 e. The highest BCUT2D eigenvalue weighted by molar-refractivity contribution is 6.01. The number of carbonyl (C=O) groups is 2. The molecule has 1 aliphatic rings. The van der Waals surface area contributed by atoms with Crippen LogP contribution in [0.1, 0.15) is 50.4 Å². The second-order valence-corrected chi connectivity index (χ2v) is 6.92. The number of hydrogen-bond donors (Lipinski definition) is 2. The highest BCUT2D eigenvalue weighted by atomic mass is 16.2. The lowest BCUT2D eigenvalue weighted by atomic mass is 9.93. The van der Waals surface area contributed by atoms with Crippen LogP contribution in [-0.4, -0.2) is 26.2 Å². The van der Waals surface area contributed by atoms with Crippen LogP contribution in [0.15, 0.2) is 53.8 Å². The van der Waals surface area contributed by atoms with Gasteiger partial charge in [0, 0.05) is 43.2 Å². The van der Waals surface area contributed by atoms with Gasteiger partial charge in [-0.05, 0) is 30.0 Å². The maximum absolute atomic E-state index is 12.5. The Morgan fingerprint density at radius 1 is 1.14 bits per heavy atom. The van der Waals surface area contributed by atoms with Crippen molar-refractivity contribution in [2.75, 3.05) is 0 Å². The highest BCUT2D eigenvalue weighted by Gasteiger charge is 2.21. The molecule has 0 unspecified atom stereocenters. The second-order valence-electron chi connectivity index (χ2n) is 6.92. The van der Waals surface area contributed by atoms with Crippen molar-refractivity contribution >= 4 is 11.7 Å². The number of rotatable bonds is 5. The molecule has 142 valence electrons. The van der Waals surface area contributed by atoms with E-state index in [0.29, 0.717) is 30.6 Å². The molecule has 3 aromatic rings. The van der Waals surface area contributed by atoms with E-state index in [4.69, 9.17) is 0 Å². The Morgan fingerprint density at radius 3 is 2.68 bits per heavy atom. The topological polar surface area (TPSA) is 96.9 Å². The number of aryl methyl sites for hydroxylation is 1. The van der Waals surface area contributed by atoms with E-state index in [1.165, 1.54) is 6.07 Å². The molecule has 0 atom stereocenters. The summed E-state index contributed by atoms with van der Waals surface area (Å²) in [5.41, 5.74) is 2.66. The Kier molecular flexibility index (Phi) is 4.89. The van der Waals surface area contributed by atoms with Crippen LogP contribution in [0.2, 0.25) is 0 Å². The van der Waals surface area contributed by atoms with Crippen molar-refractivity contribution in [1.29, 1.82) is 0 Å². The number of Topliss-reactive ketones (excluding diaryl/α,β-unsaturated/α-hetero) is 1. The molecule has 0 saturated carbocycles. The molecule has 0 bridgehead atoms. The standard InChI is InChI=1S/C21H20N4O3/c26-19-3-1-2-18-16(19)10-17(21(28)24-18)20(27)23-11-14-4-6-15(7-5-14)12-25-9-8-22-13-25/h4-10,13H,1-3,11-12H2,(H,23,27)(H,24,28). The zero-order valence-corrected chi connectivity index (χ0v) is 15.3. The summed E-state index contributed by atoms with van der Waals surface area (Å²) in [7, 11) is 0. The van der Waals surface area contributed by atoms with Gasteiger partial charge in [-0.25, -0.2) is 4.98 Å². The fourth-order valence-corrected chi connectivity index (χ4v) is 3.37. The Morgan fingerprint density at radius 2 is 1.93 bits per heavy atom. The van der Waals surface area contributed by atoms with Crippen LogP contribution < -0.4 is 10.9 Å². The third kappa shape index (κ3) is 3.78. The van der Waals surface area contributed by atoms with Crippen LogP contribution in [0.3, 0.4) is 0 Å². The first kappa shape index (κ1) is 17.9. The number of carbonyl (C=O) groups excluding carboxylic acids is 2. The van der Waals surface area contributed by atoms with Gasteiger partial charge in [-0.15, -0.1) is 0 Å². The molecular weight excluding hydrogens is 356 g/mol. The van der Waals surface area contributed by atoms with Gasteiger partial charge in [0.25, 0.3) is 11.5 Å². The SMILES string of the molecule is O=C1CCCc2[nH]c(=O)c(C(=O)NCc3ccc(Cn4ccnc4)cc3)cc21. The van der Waals surface area contributed by atoms with E-state index < -0.39 is 11.5 Å². The van der Waals surface area contributed by atoms with Crippen LogP contribution in [0.5, 0.6) is 0 Å². The predicted octanol–water partition coefficient (Wildman–Crippen LogP) is 2.07. The monoisotopic (exact) mass is 376 g/mol. The summed E-state index contributed by atoms with van der Waals surface area (Å²) in [6.07, 6.45) is 7.23. The molecular formula is C21H20N4O3. The van der Waals surface area contributed by atoms with Gasteiger partial charge in [0.15, 0.2) is 5.78 Å². The molecule has 2 aromatic heterocycles. The van der Waals surface area contributed by atoms with Crippen LogP contribution in [0, 0.1) is 0 Å². The molecule has 0 aliphatic heterocycles. The van der Waals surface area contributed by atoms with E-state index in [-0.39, 0.29) is 11.3 Å². The first-order valence-electron chi connectivity index (χ1n) is 9.21. The van der Waals surface area contributed by atoms with E-state index in [0.717, 1.165) is 24.1 Å². The van der Waals surface area contributed by atoms with Crippen LogP contribution in [0.25, 0.3) is 0 Å². The average molecular weight is 376 g/mol. The summed E-state index contributed by atoms with van der Waals surface area (Å²) < 4.78 is 1.97. The number of pyridine rings is 1. The first-order valence-corrected chi connectivity index (χ1v) is 9.21. The van der Waals surface area contributed by atoms with Crippen molar-refractivity contribution in [3.05, 3.63) is 87.4 Å². The molecule has 2 heterocycles. The summed E-state index contributed by atoms with van der Waals surface area (Å²) in [6.45, 7) is 1.03. The molecule has 1 aliphatic carbocycles. The van der Waals surface area contributed by atoms with Gasteiger partial charge in [0.05, 0.1) is 6.33 Å². The zero-order chi connectivity index (χ0) is 19.5. The maximum atomic E-state index is 12.5. The number of amides is 1. The Balaban J connectivity index is 1.42. The molecule has 0 saturated heterocycles. The lowest BCUT2D eigenvalue weighted by molar-refractivity contribution is 0.0949. The Labute approximate surface area is 161 Å². The van der Waals surface area contributed by atoms with Gasteiger partial charge >= 0.3 is 0 Å². The number of ketones is 1. The summed E-state index contributed by atoms with van der Waals surface area (Å²) in [5.74, 6) is -0.509. The summed E-state index contributed by atoms with van der Waals surface area (Å²) in [4.78, 5) is 43.4. The van der Waals surface area contributed by atoms with Crippen LogP contribution in [-0.2, 0) is 19.5 Å². The minimum atomic E-state index is -0.482. The molecule has 1 amide bonds. The van der Waals surface area contributed by atoms with E-state index in [2.05, 4.69) is 15.3 Å². The number of aromatic amines is 1. The minimum Gasteiger partial charge on any atom is -0.348 e. The quantitative estimate of drug-likeness (QED) is 0.712. The Hall–Kier alpha value is -3.48. The molecule has 28 heavy (non-hydrogen) atoms. The number of fused-ring (bicyclic) bond motifs is 1. The number of nitrogens with zero attached hydrogens (tertiary/aromatic N) is 2. The van der Waals surface area contributed by atoms with Crippen molar-refractivity contribution in [2.45, 2.75) is 32.4 Å². The van der Waals surface area contributed by atoms with Gasteiger partial charge in [-0.1, -0.05) is 24.3 Å². The van der Waals surface area contributed by atoms with Crippen molar-refractivity contribution in [3.8, 4) is 0 Å². The van der Waals surface area contributed by atoms with E-state index >= 15 is 0 Å². The van der Waals surface area contributed by atoms with E-state index in [9.17, 15) is 14.4 Å². The molecule has 4 rings (SSSR count). The van der Waals surface area contributed by atoms with Crippen LogP contribution >= 0.6 is 0 Å². The fourth-order valence-electron chi connectivity index (χ4n) is 3.37. The van der Waals surface area contributed by atoms with Crippen molar-refractivity contribution in [2.24, 2.45) is 0 Å². The average Bonchev–Trinajstić information content (AvgIpc) is 3.20. The number of aromatic nitrogens is 3. The van der Waals surface area contributed by atoms with Crippen molar-refractivity contribution in [1.82, 2.24) is 19.9 Å². The smallest absolute Gasteiger partial charge is 0.261 e. The molecule has 2 N–H and O–H groups in total. The zero-order valence-electron chi connectivity index (χ0n) is 15.3. The number of hydrogen-bond acceptors (Lipinski definition) is 4. The Bertz CT molecular complexity index is 1070. The predicted molar refractivity (Wildman–Crippen MR) is 103 cm³/mol. The molecule has 0 fully saturated rings. The number of H-pyrrole nitrogens is 1. The van der Waals surface area contributed by atoms with Gasteiger partial charge in [0.1, 0.15) is 5.56 Å². The molecule has 0 spiro atoms. The van der Waals surface area contributed by atoms with E-state index in [1.54, 1.807) is 12.5 Å². The van der Waals surface area contributed by atoms with Crippen molar-refractivity contribution < 1.29 is 9.59 Å². The number of nitrogens with one attached hydrogen (secondary N) is 2. The van der Waals surface area contributed by atoms with Gasteiger partial charge in [-0.3, -0.25) is 14.4 Å². The molecule has 1 aromatic carbocycles. The van der Waals surface area contributed by atoms with E-state index in [1.807, 2.05) is 35.0 Å². The lowest BCUT2D eigenvalue weighted by Gasteiger charge is -2.15. The molecule has 7 nitrogen and oxygen atoms in total. The fraction of sp³-hybridized carbons (Fsp3) is 0.238. The molecule has 7 heteroatoms. The summed E-state index contributed by atoms with van der Waals surface area (Å²) >= 11 is 0. The number of benzene rings is 1. The highest BCUT2D eigenvalue weighted by Crippen LogP contribution is 2.18. The van der Waals surface area contributed by atoms with Gasteiger partial charge in [-0.2, -0.15) is 0 Å². The largest absolute Gasteiger partial charge is 0.348 e. The van der Waals surface area contributed by atoms with Gasteiger partial charge in [0.2, 0.25) is 0 Å². The third-order valence-electron chi connectivity index (χ3n) is 4.90. The van der Waals surface area contributed by atoms with Crippen LogP contribution in [0.4, 0.5) is 0 Å². The third-order valence-corrected chi connectivity index (χ3v) is 4.90. The summed E-state index contributed by atoms with van der Waals surface area (Å²) in [6, 6.07) is 9.29. The minimum absolute atomic E-state index is 0.0225. The second kappa shape index (κ2) is 7.64. The normalized spacial score (nSPS) is 13.2. The molecule has 0 radical (unpaired) electrons. The first-order chi connectivity index (χ1) is 13.6. The van der Waals surface area contributed by atoms with Crippen molar-refractivity contribution in [3.63, 3.8) is 0 Å². The van der Waals surface area contributed by atoms with Gasteiger partial charge < -0.3 is 14.9 Å². The lowest BCUT2D eigenvalue weighted by Crippen LogP contribution is -2.31.